The molecule has 3 aromatic carbocycles. The van der Waals surface area contributed by atoms with Gasteiger partial charge >= 0.3 is 10.7 Å². The molecule has 1 heterocycles. The van der Waals surface area contributed by atoms with Crippen molar-refractivity contribution >= 4 is 34.1 Å². The number of nitrogens with one attached hydrogen (secondary N) is 2. The van der Waals surface area contributed by atoms with Gasteiger partial charge in [-0.1, -0.05) is 30.3 Å². The van der Waals surface area contributed by atoms with Crippen LogP contribution in [0, 0.1) is 0 Å². The maximum Gasteiger partial charge on any atom is 0.442 e. The summed E-state index contributed by atoms with van der Waals surface area (Å²) in [7, 11) is 1.58. The number of carbonyl (C=O) groups is 1. The van der Waals surface area contributed by atoms with Crippen LogP contribution in [-0.2, 0) is 4.79 Å². The van der Waals surface area contributed by atoms with Gasteiger partial charge in [-0.2, -0.15) is 0 Å². The number of anilines is 1. The predicted molar refractivity (Wildman–Crippen MR) is 115 cm³/mol. The van der Waals surface area contributed by atoms with Gasteiger partial charge in [0.2, 0.25) is 11.6 Å². The number of hydrogen-bond acceptors (Lipinski definition) is 5. The van der Waals surface area contributed by atoms with Crippen molar-refractivity contribution in [1.82, 2.24) is 5.27 Å². The van der Waals surface area contributed by atoms with E-state index in [0.717, 1.165) is 22.5 Å². The lowest BCUT2D eigenvalue weighted by Gasteiger charge is -2.10. The molecule has 1 atom stereocenters. The summed E-state index contributed by atoms with van der Waals surface area (Å²) in [4.78, 5) is 24.9. The van der Waals surface area contributed by atoms with Crippen molar-refractivity contribution in [3.8, 4) is 11.4 Å². The normalized spacial score (nSPS) is 11.9. The van der Waals surface area contributed by atoms with Gasteiger partial charge in [-0.25, -0.2) is 4.79 Å². The van der Waals surface area contributed by atoms with E-state index in [9.17, 15) is 9.59 Å². The molecule has 1 unspecified atom stereocenters. The van der Waals surface area contributed by atoms with E-state index in [1.165, 1.54) is 4.68 Å². The first-order chi connectivity index (χ1) is 14.5. The quantitative estimate of drug-likeness (QED) is 0.367. The molecule has 7 nitrogen and oxygen atoms in total. The highest BCUT2D eigenvalue weighted by Gasteiger charge is 2.29. The van der Waals surface area contributed by atoms with Crippen LogP contribution in [0.1, 0.15) is 6.92 Å². The summed E-state index contributed by atoms with van der Waals surface area (Å²) in [5.74, 6) is 0.486. The monoisotopic (exact) mass is 422 g/mol. The summed E-state index contributed by atoms with van der Waals surface area (Å²) >= 11 is 1.12. The minimum absolute atomic E-state index is 0.211. The maximum atomic E-state index is 12.7. The van der Waals surface area contributed by atoms with Crippen LogP contribution in [0.2, 0.25) is 0 Å². The van der Waals surface area contributed by atoms with Crippen molar-refractivity contribution in [1.29, 1.82) is 0 Å². The molecule has 152 valence electrons. The third-order valence-electron chi connectivity index (χ3n) is 4.61. The SMILES string of the molecule is COc1ccc(-[n+]2[nH]oc(=O)c2SC(C)C(=O)Nc2ccc3ccccc3c2)cc1. The van der Waals surface area contributed by atoms with E-state index >= 15 is 0 Å². The Morgan fingerprint density at radius 2 is 1.83 bits per heavy atom. The number of rotatable bonds is 6. The lowest BCUT2D eigenvalue weighted by Crippen LogP contribution is -2.37. The number of ether oxygens (including phenoxy) is 1. The van der Waals surface area contributed by atoms with Gasteiger partial charge in [0.1, 0.15) is 5.75 Å². The maximum absolute atomic E-state index is 12.7. The van der Waals surface area contributed by atoms with Crippen LogP contribution in [0.3, 0.4) is 0 Å². The second-order valence-corrected chi connectivity index (χ2v) is 7.96. The number of hydrogen-bond donors (Lipinski definition) is 2. The summed E-state index contributed by atoms with van der Waals surface area (Å²) in [6, 6.07) is 20.8. The molecule has 1 aromatic heterocycles. The van der Waals surface area contributed by atoms with Crippen molar-refractivity contribution in [2.24, 2.45) is 0 Å². The van der Waals surface area contributed by atoms with E-state index in [-0.39, 0.29) is 10.9 Å². The number of methoxy groups -OCH3 is 1. The summed E-state index contributed by atoms with van der Waals surface area (Å²) in [6.45, 7) is 1.74. The Balaban J connectivity index is 1.51. The van der Waals surface area contributed by atoms with Gasteiger partial charge in [0.05, 0.1) is 12.4 Å². The average molecular weight is 422 g/mol. The molecule has 0 aliphatic carbocycles. The standard InChI is InChI=1S/C22H19N3O4S/c1-14(20(26)23-17-8-7-15-5-3-4-6-16(15)13-17)30-21-22(27)29-24-25(21)18-9-11-19(28-2)12-10-18/h3-14H,1-2H3,(H-,23,24,26,27)/p+1. The molecule has 4 aromatic rings. The summed E-state index contributed by atoms with van der Waals surface area (Å²) in [5.41, 5.74) is 0.850. The Labute approximate surface area is 176 Å². The lowest BCUT2D eigenvalue weighted by atomic mass is 10.1. The van der Waals surface area contributed by atoms with Gasteiger partial charge < -0.3 is 10.1 Å². The van der Waals surface area contributed by atoms with Crippen LogP contribution in [0.15, 0.2) is 81.1 Å². The molecule has 4 rings (SSSR count). The number of fused-ring (bicyclic) bond motifs is 1. The van der Waals surface area contributed by atoms with Crippen LogP contribution in [-0.4, -0.2) is 23.5 Å². The molecule has 0 spiro atoms. The van der Waals surface area contributed by atoms with Gasteiger partial charge in [-0.15, -0.1) is 0 Å². The van der Waals surface area contributed by atoms with Gasteiger partial charge in [-0.3, -0.25) is 9.32 Å². The van der Waals surface area contributed by atoms with Crippen molar-refractivity contribution in [2.45, 2.75) is 17.2 Å². The Bertz CT molecular complexity index is 1250. The van der Waals surface area contributed by atoms with E-state index < -0.39 is 10.9 Å². The smallest absolute Gasteiger partial charge is 0.442 e. The van der Waals surface area contributed by atoms with E-state index in [2.05, 4.69) is 10.6 Å². The lowest BCUT2D eigenvalue weighted by molar-refractivity contribution is -0.704. The molecule has 30 heavy (non-hydrogen) atoms. The number of nitrogens with zero attached hydrogens (tertiary/aromatic N) is 1. The minimum atomic E-state index is -0.541. The van der Waals surface area contributed by atoms with E-state index in [4.69, 9.17) is 9.26 Å². The van der Waals surface area contributed by atoms with E-state index in [1.54, 1.807) is 38.3 Å². The first kappa shape index (κ1) is 19.8. The molecule has 2 N–H and O–H groups in total. The fourth-order valence-electron chi connectivity index (χ4n) is 3.00. The first-order valence-corrected chi connectivity index (χ1v) is 10.2. The summed E-state index contributed by atoms with van der Waals surface area (Å²) in [5, 5.41) is 7.38. The second kappa shape index (κ2) is 8.46. The first-order valence-electron chi connectivity index (χ1n) is 9.29. The van der Waals surface area contributed by atoms with Crippen molar-refractivity contribution < 1.29 is 18.7 Å². The van der Waals surface area contributed by atoms with Crippen molar-refractivity contribution in [3.63, 3.8) is 0 Å². The van der Waals surface area contributed by atoms with Crippen LogP contribution >= 0.6 is 11.8 Å². The second-order valence-electron chi connectivity index (χ2n) is 6.63. The topological polar surface area (TPSA) is 88.2 Å². The number of aromatic nitrogens is 2. The number of H-pyrrole nitrogens is 1. The number of amides is 1. The largest absolute Gasteiger partial charge is 0.497 e. The molecular weight excluding hydrogens is 402 g/mol. The molecule has 8 heteroatoms. The van der Waals surface area contributed by atoms with Crippen molar-refractivity contribution in [3.05, 3.63) is 77.2 Å². The molecule has 0 saturated heterocycles. The summed E-state index contributed by atoms with van der Waals surface area (Å²) < 4.78 is 11.6. The number of aromatic amines is 1. The highest BCUT2D eigenvalue weighted by molar-refractivity contribution is 8.00. The fraction of sp³-hybridized carbons (Fsp3) is 0.136. The zero-order valence-corrected chi connectivity index (χ0v) is 17.2. The molecule has 0 radical (unpaired) electrons. The molecule has 0 aliphatic rings. The predicted octanol–water partition coefficient (Wildman–Crippen LogP) is 3.53. The summed E-state index contributed by atoms with van der Waals surface area (Å²) in [6.07, 6.45) is 0. The Hall–Kier alpha value is -3.52. The van der Waals surface area contributed by atoms with Crippen LogP contribution in [0.4, 0.5) is 5.69 Å². The fourth-order valence-corrected chi connectivity index (χ4v) is 3.88. The molecule has 0 fully saturated rings. The number of thioether (sulfide) groups is 1. The van der Waals surface area contributed by atoms with Gasteiger partial charge in [0.15, 0.2) is 0 Å². The van der Waals surface area contributed by atoms with Gasteiger partial charge in [0.25, 0.3) is 0 Å². The highest BCUT2D eigenvalue weighted by atomic mass is 32.2. The average Bonchev–Trinajstić information content (AvgIpc) is 3.13. The van der Waals surface area contributed by atoms with Crippen LogP contribution in [0.5, 0.6) is 5.75 Å². The Morgan fingerprint density at radius 1 is 1.10 bits per heavy atom. The van der Waals surface area contributed by atoms with Gasteiger partial charge in [-0.05, 0) is 63.7 Å². The molecule has 0 aliphatic heterocycles. The highest BCUT2D eigenvalue weighted by Crippen LogP contribution is 2.22. The zero-order chi connectivity index (χ0) is 21.1. The third-order valence-corrected chi connectivity index (χ3v) is 5.75. The number of benzene rings is 3. The minimum Gasteiger partial charge on any atom is -0.497 e. The number of carbonyl (C=O) groups excluding carboxylic acids is 1. The Morgan fingerprint density at radius 3 is 2.57 bits per heavy atom. The molecule has 1 amide bonds. The van der Waals surface area contributed by atoms with Crippen LogP contribution in [0.25, 0.3) is 16.5 Å². The Kier molecular flexibility index (Phi) is 5.58. The van der Waals surface area contributed by atoms with Gasteiger partial charge in [0, 0.05) is 17.8 Å². The van der Waals surface area contributed by atoms with E-state index in [1.807, 2.05) is 42.5 Å². The molecule has 0 bridgehead atoms. The third kappa shape index (κ3) is 4.08. The van der Waals surface area contributed by atoms with E-state index in [0.29, 0.717) is 17.1 Å². The van der Waals surface area contributed by atoms with Crippen molar-refractivity contribution in [2.75, 3.05) is 12.4 Å². The molecule has 0 saturated carbocycles. The molecular formula is C22H20N3O4S+. The van der Waals surface area contributed by atoms with Crippen LogP contribution < -0.4 is 20.4 Å². The zero-order valence-electron chi connectivity index (χ0n) is 16.4.